The van der Waals surface area contributed by atoms with Crippen LogP contribution in [0.3, 0.4) is 0 Å². The molecule has 0 aliphatic rings. The molecule has 2 N–H and O–H groups in total. The second kappa shape index (κ2) is 4.10. The van der Waals surface area contributed by atoms with Gasteiger partial charge in [-0.3, -0.25) is 9.36 Å². The van der Waals surface area contributed by atoms with Gasteiger partial charge in [0.2, 0.25) is 0 Å². The molecule has 2 aromatic rings. The van der Waals surface area contributed by atoms with Crippen molar-refractivity contribution in [1.29, 1.82) is 0 Å². The summed E-state index contributed by atoms with van der Waals surface area (Å²) in [4.78, 5) is 15.2. The van der Waals surface area contributed by atoms with Crippen LogP contribution in [0.25, 0.3) is 0 Å². The van der Waals surface area contributed by atoms with E-state index in [1.807, 2.05) is 6.07 Å². The minimum Gasteiger partial charge on any atom is -0.463 e. The van der Waals surface area contributed by atoms with Crippen LogP contribution in [0.5, 0.6) is 0 Å². The van der Waals surface area contributed by atoms with Crippen molar-refractivity contribution in [2.45, 2.75) is 13.1 Å². The summed E-state index contributed by atoms with van der Waals surface area (Å²) in [7, 11) is 0. The minimum absolute atomic E-state index is 0.101. The van der Waals surface area contributed by atoms with Gasteiger partial charge in [-0.25, -0.2) is 4.98 Å². The second-order valence-corrected chi connectivity index (χ2v) is 3.12. The van der Waals surface area contributed by atoms with Crippen LogP contribution in [0, 0.1) is 0 Å². The highest BCUT2D eigenvalue weighted by atomic mass is 16.3. The maximum absolute atomic E-state index is 11.4. The Bertz CT molecular complexity index is 501. The number of furan rings is 1. The number of aromatic nitrogens is 2. The first kappa shape index (κ1) is 9.67. The summed E-state index contributed by atoms with van der Waals surface area (Å²) in [6.45, 7) is 0.745. The molecule has 0 saturated heterocycles. The summed E-state index contributed by atoms with van der Waals surface area (Å²) in [6, 6.07) is 5.02. The molecule has 2 aromatic heterocycles. The molecule has 0 aliphatic heterocycles. The molecule has 2 heterocycles. The molecule has 5 nitrogen and oxygen atoms in total. The molecule has 15 heavy (non-hydrogen) atoms. The van der Waals surface area contributed by atoms with E-state index < -0.39 is 0 Å². The van der Waals surface area contributed by atoms with Crippen LogP contribution in [-0.4, -0.2) is 9.55 Å². The van der Waals surface area contributed by atoms with Crippen molar-refractivity contribution >= 4 is 0 Å². The molecule has 0 fully saturated rings. The molecule has 0 aromatic carbocycles. The number of nitrogens with two attached hydrogens (primary N) is 1. The van der Waals surface area contributed by atoms with Crippen molar-refractivity contribution in [3.05, 3.63) is 52.6 Å². The Morgan fingerprint density at radius 1 is 1.33 bits per heavy atom. The van der Waals surface area contributed by atoms with Gasteiger partial charge < -0.3 is 10.2 Å². The van der Waals surface area contributed by atoms with E-state index in [1.54, 1.807) is 6.07 Å². The molecule has 0 aliphatic carbocycles. The highest BCUT2D eigenvalue weighted by molar-refractivity contribution is 5.07. The van der Waals surface area contributed by atoms with E-state index in [0.717, 1.165) is 0 Å². The van der Waals surface area contributed by atoms with E-state index in [9.17, 15) is 4.79 Å². The summed E-state index contributed by atoms with van der Waals surface area (Å²) in [5.41, 5.74) is 5.31. The standard InChI is InChI=1S/C10H11N3O2/c11-5-8-1-2-9(15-8)6-13-7-12-4-3-10(13)14/h1-4,7H,5-6,11H2. The van der Waals surface area contributed by atoms with Crippen LogP contribution < -0.4 is 11.3 Å². The van der Waals surface area contributed by atoms with E-state index >= 15 is 0 Å². The summed E-state index contributed by atoms with van der Waals surface area (Å²) in [5.74, 6) is 1.41. The number of nitrogens with zero attached hydrogens (tertiary/aromatic N) is 2. The van der Waals surface area contributed by atoms with E-state index in [-0.39, 0.29) is 5.56 Å². The van der Waals surface area contributed by atoms with Crippen LogP contribution in [0.4, 0.5) is 0 Å². The van der Waals surface area contributed by atoms with Crippen LogP contribution in [-0.2, 0) is 13.1 Å². The number of hydrogen-bond acceptors (Lipinski definition) is 4. The fourth-order valence-electron chi connectivity index (χ4n) is 1.28. The van der Waals surface area contributed by atoms with Crippen molar-refractivity contribution in [3.8, 4) is 0 Å². The van der Waals surface area contributed by atoms with Crippen molar-refractivity contribution in [2.75, 3.05) is 0 Å². The average molecular weight is 205 g/mol. The quantitative estimate of drug-likeness (QED) is 0.784. The lowest BCUT2D eigenvalue weighted by Crippen LogP contribution is -2.18. The van der Waals surface area contributed by atoms with E-state index in [2.05, 4.69) is 4.98 Å². The van der Waals surface area contributed by atoms with E-state index in [0.29, 0.717) is 24.6 Å². The van der Waals surface area contributed by atoms with Gasteiger partial charge in [-0.05, 0) is 12.1 Å². The predicted molar refractivity (Wildman–Crippen MR) is 54.2 cm³/mol. The third-order valence-electron chi connectivity index (χ3n) is 2.04. The Morgan fingerprint density at radius 2 is 2.13 bits per heavy atom. The topological polar surface area (TPSA) is 74.1 Å². The van der Waals surface area contributed by atoms with E-state index in [4.69, 9.17) is 10.2 Å². The number of hydrogen-bond donors (Lipinski definition) is 1. The van der Waals surface area contributed by atoms with Gasteiger partial charge in [-0.1, -0.05) is 0 Å². The van der Waals surface area contributed by atoms with Crippen LogP contribution in [0.15, 0.2) is 39.9 Å². The maximum Gasteiger partial charge on any atom is 0.253 e. The Morgan fingerprint density at radius 3 is 2.80 bits per heavy atom. The maximum atomic E-state index is 11.4. The Labute approximate surface area is 86.2 Å². The van der Waals surface area contributed by atoms with Gasteiger partial charge in [0, 0.05) is 12.3 Å². The molecule has 78 valence electrons. The molecule has 0 unspecified atom stereocenters. The molecular weight excluding hydrogens is 194 g/mol. The van der Waals surface area contributed by atoms with Crippen molar-refractivity contribution in [3.63, 3.8) is 0 Å². The summed E-state index contributed by atoms with van der Waals surface area (Å²) < 4.78 is 6.85. The second-order valence-electron chi connectivity index (χ2n) is 3.12. The predicted octanol–water partition coefficient (Wildman–Crippen LogP) is 0.343. The minimum atomic E-state index is -0.101. The zero-order valence-electron chi connectivity index (χ0n) is 8.09. The van der Waals surface area contributed by atoms with E-state index in [1.165, 1.54) is 23.2 Å². The zero-order valence-corrected chi connectivity index (χ0v) is 8.09. The largest absolute Gasteiger partial charge is 0.463 e. The molecule has 0 spiro atoms. The van der Waals surface area contributed by atoms with Gasteiger partial charge in [-0.15, -0.1) is 0 Å². The summed E-state index contributed by atoms with van der Waals surface area (Å²) in [6.07, 6.45) is 2.94. The molecule has 5 heteroatoms. The Kier molecular flexibility index (Phi) is 2.64. The van der Waals surface area contributed by atoms with Gasteiger partial charge in [0.25, 0.3) is 5.56 Å². The highest BCUT2D eigenvalue weighted by Crippen LogP contribution is 2.07. The highest BCUT2D eigenvalue weighted by Gasteiger charge is 2.02. The van der Waals surface area contributed by atoms with Crippen LogP contribution in [0.1, 0.15) is 11.5 Å². The SMILES string of the molecule is NCc1ccc(Cn2cnccc2=O)o1. The Hall–Kier alpha value is -1.88. The Balaban J connectivity index is 2.22. The first-order valence-electron chi connectivity index (χ1n) is 4.57. The molecule has 0 amide bonds. The van der Waals surface area contributed by atoms with Crippen molar-refractivity contribution in [2.24, 2.45) is 5.73 Å². The summed E-state index contributed by atoms with van der Waals surface area (Å²) >= 11 is 0. The molecule has 2 rings (SSSR count). The van der Waals surface area contributed by atoms with Gasteiger partial charge >= 0.3 is 0 Å². The van der Waals surface area contributed by atoms with Gasteiger partial charge in [-0.2, -0.15) is 0 Å². The zero-order chi connectivity index (χ0) is 10.7. The first-order valence-corrected chi connectivity index (χ1v) is 4.57. The normalized spacial score (nSPS) is 10.5. The summed E-state index contributed by atoms with van der Waals surface area (Å²) in [5, 5.41) is 0. The lowest BCUT2D eigenvalue weighted by molar-refractivity contribution is 0.451. The lowest BCUT2D eigenvalue weighted by Gasteiger charge is -2.00. The molecule has 0 saturated carbocycles. The molecule has 0 radical (unpaired) electrons. The lowest BCUT2D eigenvalue weighted by atomic mass is 10.4. The fraction of sp³-hybridized carbons (Fsp3) is 0.200. The van der Waals surface area contributed by atoms with Crippen molar-refractivity contribution in [1.82, 2.24) is 9.55 Å². The van der Waals surface area contributed by atoms with Crippen molar-refractivity contribution < 1.29 is 4.42 Å². The molecular formula is C10H11N3O2. The van der Waals surface area contributed by atoms with Crippen LogP contribution >= 0.6 is 0 Å². The smallest absolute Gasteiger partial charge is 0.253 e. The molecule has 0 bridgehead atoms. The first-order chi connectivity index (χ1) is 7.29. The van der Waals surface area contributed by atoms with Gasteiger partial charge in [0.1, 0.15) is 11.5 Å². The average Bonchev–Trinajstić information content (AvgIpc) is 2.69. The fourth-order valence-corrected chi connectivity index (χ4v) is 1.28. The number of rotatable bonds is 3. The third-order valence-corrected chi connectivity index (χ3v) is 2.04. The van der Waals surface area contributed by atoms with Gasteiger partial charge in [0.05, 0.1) is 19.4 Å². The van der Waals surface area contributed by atoms with Crippen LogP contribution in [0.2, 0.25) is 0 Å². The van der Waals surface area contributed by atoms with Gasteiger partial charge in [0.15, 0.2) is 0 Å². The monoisotopic (exact) mass is 205 g/mol. The molecule has 0 atom stereocenters. The third kappa shape index (κ3) is 2.13.